The van der Waals surface area contributed by atoms with Crippen LogP contribution in [0.2, 0.25) is 5.15 Å². The van der Waals surface area contributed by atoms with Gasteiger partial charge in [-0.15, -0.1) is 0 Å². The van der Waals surface area contributed by atoms with E-state index in [2.05, 4.69) is 11.1 Å². The van der Waals surface area contributed by atoms with E-state index >= 15 is 0 Å². The van der Waals surface area contributed by atoms with Gasteiger partial charge in [0.15, 0.2) is 0 Å². The predicted molar refractivity (Wildman–Crippen MR) is 131 cm³/mol. The molecule has 1 aliphatic heterocycles. The van der Waals surface area contributed by atoms with E-state index in [-0.39, 0.29) is 11.9 Å². The third-order valence-corrected chi connectivity index (χ3v) is 6.16. The number of rotatable bonds is 4. The molecule has 3 aromatic carbocycles. The number of aryl methyl sites for hydroxylation is 1. The van der Waals surface area contributed by atoms with Crippen LogP contribution in [0.1, 0.15) is 39.5 Å². The molecule has 6 heteroatoms. The lowest BCUT2D eigenvalue weighted by Gasteiger charge is -2.23. The fourth-order valence-electron chi connectivity index (χ4n) is 4.15. The van der Waals surface area contributed by atoms with Gasteiger partial charge < -0.3 is 4.74 Å². The standard InChI is InChI=1S/C27H22ClN3O2/c1-17-7-6-10-19(13-17)24-16-25(31(30-24)27(32)18-8-4-3-5-9-18)22-14-20-11-12-21(33-2)15-23(20)29-26(22)28/h3-15,25H,16H2,1-2H3/t25-/m0/s1. The number of ether oxygens (including phenoxy) is 1. The Balaban J connectivity index is 1.60. The van der Waals surface area contributed by atoms with Crippen LogP contribution in [0.15, 0.2) is 84.0 Å². The second-order valence-corrected chi connectivity index (χ2v) is 8.44. The number of hydrazone groups is 1. The number of carbonyl (C=O) groups excluding carboxylic acids is 1. The van der Waals surface area contributed by atoms with E-state index in [4.69, 9.17) is 21.4 Å². The topological polar surface area (TPSA) is 54.8 Å². The second-order valence-electron chi connectivity index (χ2n) is 8.08. The summed E-state index contributed by atoms with van der Waals surface area (Å²) >= 11 is 6.67. The van der Waals surface area contributed by atoms with Crippen molar-refractivity contribution < 1.29 is 9.53 Å². The normalized spacial score (nSPS) is 15.5. The quantitative estimate of drug-likeness (QED) is 0.344. The Morgan fingerprint density at radius 1 is 1.03 bits per heavy atom. The van der Waals surface area contributed by atoms with Crippen LogP contribution in [0.5, 0.6) is 5.75 Å². The van der Waals surface area contributed by atoms with Crippen LogP contribution in [0, 0.1) is 6.92 Å². The van der Waals surface area contributed by atoms with E-state index in [0.29, 0.717) is 22.9 Å². The van der Waals surface area contributed by atoms with Crippen molar-refractivity contribution in [2.24, 2.45) is 5.10 Å². The molecule has 0 saturated carbocycles. The van der Waals surface area contributed by atoms with Crippen LogP contribution in [0.3, 0.4) is 0 Å². The molecule has 1 atom stereocenters. The molecule has 1 amide bonds. The smallest absolute Gasteiger partial charge is 0.274 e. The molecular formula is C27H22ClN3O2. The van der Waals surface area contributed by atoms with Crippen molar-refractivity contribution in [3.05, 3.63) is 106 Å². The Bertz CT molecular complexity index is 1390. The first-order valence-electron chi connectivity index (χ1n) is 10.7. The number of fused-ring (bicyclic) bond motifs is 1. The largest absolute Gasteiger partial charge is 0.497 e. The number of amides is 1. The van der Waals surface area contributed by atoms with E-state index in [0.717, 1.165) is 33.3 Å². The van der Waals surface area contributed by atoms with Gasteiger partial charge in [-0.25, -0.2) is 9.99 Å². The van der Waals surface area contributed by atoms with Gasteiger partial charge >= 0.3 is 0 Å². The summed E-state index contributed by atoms with van der Waals surface area (Å²) in [7, 11) is 1.62. The van der Waals surface area contributed by atoms with Gasteiger partial charge in [0.25, 0.3) is 5.91 Å². The molecule has 0 radical (unpaired) electrons. The maximum absolute atomic E-state index is 13.5. The van der Waals surface area contributed by atoms with Crippen molar-refractivity contribution in [2.45, 2.75) is 19.4 Å². The fraction of sp³-hybridized carbons (Fsp3) is 0.148. The molecule has 0 aliphatic carbocycles. The summed E-state index contributed by atoms with van der Waals surface area (Å²) in [5.41, 5.74) is 5.06. The van der Waals surface area contributed by atoms with Gasteiger partial charge in [-0.3, -0.25) is 4.79 Å². The molecule has 2 heterocycles. The van der Waals surface area contributed by atoms with Gasteiger partial charge in [-0.2, -0.15) is 5.10 Å². The minimum absolute atomic E-state index is 0.172. The molecule has 1 aromatic heterocycles. The van der Waals surface area contributed by atoms with Crippen LogP contribution < -0.4 is 4.74 Å². The third-order valence-electron chi connectivity index (χ3n) is 5.85. The second kappa shape index (κ2) is 8.68. The molecule has 0 bridgehead atoms. The van der Waals surface area contributed by atoms with Crippen molar-refractivity contribution in [1.82, 2.24) is 9.99 Å². The lowest BCUT2D eigenvalue weighted by molar-refractivity contribution is 0.0711. The van der Waals surface area contributed by atoms with E-state index < -0.39 is 0 Å². The Morgan fingerprint density at radius 3 is 2.61 bits per heavy atom. The minimum atomic E-state index is -0.361. The van der Waals surface area contributed by atoms with Gasteiger partial charge in [-0.05, 0) is 42.8 Å². The average molecular weight is 456 g/mol. The van der Waals surface area contributed by atoms with Crippen molar-refractivity contribution in [3.8, 4) is 5.75 Å². The molecule has 0 N–H and O–H groups in total. The van der Waals surface area contributed by atoms with Crippen LogP contribution >= 0.6 is 11.6 Å². The van der Waals surface area contributed by atoms with Crippen molar-refractivity contribution in [1.29, 1.82) is 0 Å². The SMILES string of the molecule is COc1ccc2cc([C@@H]3CC(c4cccc(C)c4)=NN3C(=O)c3ccccc3)c(Cl)nc2c1. The van der Waals surface area contributed by atoms with Gasteiger partial charge in [0.05, 0.1) is 24.4 Å². The number of halogens is 1. The maximum atomic E-state index is 13.5. The summed E-state index contributed by atoms with van der Waals surface area (Å²) in [6.07, 6.45) is 0.547. The molecular weight excluding hydrogens is 434 g/mol. The monoisotopic (exact) mass is 455 g/mol. The number of hydrogen-bond donors (Lipinski definition) is 0. The molecule has 4 aromatic rings. The van der Waals surface area contributed by atoms with Crippen LogP contribution in [0.4, 0.5) is 0 Å². The highest BCUT2D eigenvalue weighted by Crippen LogP contribution is 2.38. The lowest BCUT2D eigenvalue weighted by Crippen LogP contribution is -2.27. The zero-order valence-electron chi connectivity index (χ0n) is 18.3. The van der Waals surface area contributed by atoms with Gasteiger partial charge in [-0.1, -0.05) is 59.6 Å². The number of pyridine rings is 1. The third kappa shape index (κ3) is 4.08. The van der Waals surface area contributed by atoms with Crippen LogP contribution in [-0.4, -0.2) is 28.7 Å². The number of nitrogens with zero attached hydrogens (tertiary/aromatic N) is 3. The van der Waals surface area contributed by atoms with E-state index in [1.54, 1.807) is 24.3 Å². The molecule has 33 heavy (non-hydrogen) atoms. The molecule has 1 aliphatic rings. The summed E-state index contributed by atoms with van der Waals surface area (Å²) in [4.78, 5) is 18.1. The lowest BCUT2D eigenvalue weighted by atomic mass is 9.97. The zero-order chi connectivity index (χ0) is 22.9. The Kier molecular flexibility index (Phi) is 5.56. The zero-order valence-corrected chi connectivity index (χ0v) is 19.1. The predicted octanol–water partition coefficient (Wildman–Crippen LogP) is 6.20. The van der Waals surface area contributed by atoms with Gasteiger partial charge in [0.1, 0.15) is 10.9 Å². The van der Waals surface area contributed by atoms with Gasteiger partial charge in [0, 0.05) is 29.0 Å². The first-order chi connectivity index (χ1) is 16.0. The summed E-state index contributed by atoms with van der Waals surface area (Å²) in [5, 5.41) is 7.60. The highest BCUT2D eigenvalue weighted by Gasteiger charge is 2.35. The first-order valence-corrected chi connectivity index (χ1v) is 11.1. The number of benzene rings is 3. The van der Waals surface area contributed by atoms with E-state index in [9.17, 15) is 4.79 Å². The van der Waals surface area contributed by atoms with E-state index in [1.165, 1.54) is 0 Å². The molecule has 0 spiro atoms. The Labute approximate surface area is 197 Å². The fourth-order valence-corrected chi connectivity index (χ4v) is 4.42. The molecule has 5 rings (SSSR count). The Morgan fingerprint density at radius 2 is 1.85 bits per heavy atom. The summed E-state index contributed by atoms with van der Waals surface area (Å²) in [6, 6.07) is 24.6. The molecule has 164 valence electrons. The maximum Gasteiger partial charge on any atom is 0.274 e. The first kappa shape index (κ1) is 21.2. The minimum Gasteiger partial charge on any atom is -0.497 e. The van der Waals surface area contributed by atoms with Gasteiger partial charge in [0.2, 0.25) is 0 Å². The summed E-state index contributed by atoms with van der Waals surface area (Å²) in [6.45, 7) is 2.04. The molecule has 0 unspecified atom stereocenters. The number of methoxy groups -OCH3 is 1. The average Bonchev–Trinajstić information content (AvgIpc) is 3.28. The van der Waals surface area contributed by atoms with Crippen LogP contribution in [-0.2, 0) is 0 Å². The van der Waals surface area contributed by atoms with Crippen molar-refractivity contribution in [3.63, 3.8) is 0 Å². The summed E-state index contributed by atoms with van der Waals surface area (Å²) < 4.78 is 5.31. The van der Waals surface area contributed by atoms with Crippen molar-refractivity contribution in [2.75, 3.05) is 7.11 Å². The van der Waals surface area contributed by atoms with Crippen molar-refractivity contribution >= 4 is 34.1 Å². The molecule has 5 nitrogen and oxygen atoms in total. The number of carbonyl (C=O) groups is 1. The number of aromatic nitrogens is 1. The highest BCUT2D eigenvalue weighted by molar-refractivity contribution is 6.30. The summed E-state index contributed by atoms with van der Waals surface area (Å²) in [5.74, 6) is 0.541. The van der Waals surface area contributed by atoms with Crippen LogP contribution in [0.25, 0.3) is 10.9 Å². The number of hydrogen-bond acceptors (Lipinski definition) is 4. The highest BCUT2D eigenvalue weighted by atomic mass is 35.5. The Hall–Kier alpha value is -3.70. The molecule has 0 saturated heterocycles. The van der Waals surface area contributed by atoms with E-state index in [1.807, 2.05) is 67.6 Å². The molecule has 0 fully saturated rings.